The first-order valence-corrected chi connectivity index (χ1v) is 12.6. The molecule has 0 saturated heterocycles. The molecule has 4 rings (SSSR count). The van der Waals surface area contributed by atoms with Crippen molar-refractivity contribution in [1.29, 1.82) is 0 Å². The van der Waals surface area contributed by atoms with Gasteiger partial charge in [0.15, 0.2) is 0 Å². The largest absolute Gasteiger partial charge is 0.508 e. The number of aromatic hydroxyl groups is 1. The third-order valence-electron chi connectivity index (χ3n) is 5.99. The third kappa shape index (κ3) is 5.34. The lowest BCUT2D eigenvalue weighted by atomic mass is 10.0. The van der Waals surface area contributed by atoms with Crippen molar-refractivity contribution < 1.29 is 18.5 Å². The van der Waals surface area contributed by atoms with Gasteiger partial charge in [-0.15, -0.1) is 0 Å². The Morgan fingerprint density at radius 1 is 1.03 bits per heavy atom. The first-order valence-electron chi connectivity index (χ1n) is 11.0. The minimum atomic E-state index is -1.04. The fraction of sp³-hybridized carbons (Fsp3) is 0.179. The summed E-state index contributed by atoms with van der Waals surface area (Å²) >= 11 is 0. The van der Waals surface area contributed by atoms with E-state index in [2.05, 4.69) is 5.32 Å². The lowest BCUT2D eigenvalue weighted by Gasteiger charge is -2.08. The van der Waals surface area contributed by atoms with Crippen LogP contribution in [0.25, 0.3) is 17.2 Å². The molecule has 0 saturated carbocycles. The molecule has 1 unspecified atom stereocenters. The number of carbonyl (C=O) groups excluding carboxylic acids is 1. The zero-order valence-electron chi connectivity index (χ0n) is 19.1. The fourth-order valence-corrected chi connectivity index (χ4v) is 4.66. The van der Waals surface area contributed by atoms with E-state index in [0.717, 1.165) is 43.9 Å². The summed E-state index contributed by atoms with van der Waals surface area (Å²) in [6, 6.07) is 19.1. The van der Waals surface area contributed by atoms with Crippen LogP contribution < -0.4 is 5.32 Å². The maximum atomic E-state index is 14.1. The molecular weight excluding hydrogens is 449 g/mol. The van der Waals surface area contributed by atoms with Crippen LogP contribution in [0.15, 0.2) is 77.2 Å². The highest BCUT2D eigenvalue weighted by atomic mass is 32.2. The van der Waals surface area contributed by atoms with Crippen LogP contribution in [0.5, 0.6) is 5.75 Å². The van der Waals surface area contributed by atoms with Gasteiger partial charge in [0, 0.05) is 28.5 Å². The molecule has 0 spiro atoms. The molecule has 3 aromatic rings. The van der Waals surface area contributed by atoms with Gasteiger partial charge >= 0.3 is 0 Å². The van der Waals surface area contributed by atoms with Gasteiger partial charge in [-0.25, -0.2) is 4.39 Å². The number of phenolic OH excluding ortho intramolecular Hbond substituents is 1. The Morgan fingerprint density at radius 2 is 1.74 bits per heavy atom. The van der Waals surface area contributed by atoms with Crippen molar-refractivity contribution in [2.24, 2.45) is 0 Å². The van der Waals surface area contributed by atoms with Gasteiger partial charge in [0.05, 0.1) is 6.42 Å². The Balaban J connectivity index is 1.54. The molecule has 0 aliphatic heterocycles. The molecule has 0 fully saturated rings. The lowest BCUT2D eigenvalue weighted by Crippen LogP contribution is -2.25. The van der Waals surface area contributed by atoms with Crippen molar-refractivity contribution in [1.82, 2.24) is 5.32 Å². The second-order valence-corrected chi connectivity index (χ2v) is 9.70. The molecule has 0 heterocycles. The Bertz CT molecular complexity index is 1310. The summed E-state index contributed by atoms with van der Waals surface area (Å²) in [4.78, 5) is 13.5. The Kier molecular flexibility index (Phi) is 7.08. The van der Waals surface area contributed by atoms with Gasteiger partial charge in [-0.2, -0.15) is 0 Å². The van der Waals surface area contributed by atoms with Crippen molar-refractivity contribution in [2.75, 3.05) is 12.8 Å². The molecule has 2 N–H and O–H groups in total. The topological polar surface area (TPSA) is 66.4 Å². The highest BCUT2D eigenvalue weighted by molar-refractivity contribution is 7.84. The summed E-state index contributed by atoms with van der Waals surface area (Å²) < 4.78 is 25.8. The Hall–Kier alpha value is -3.51. The normalized spacial score (nSPS) is 14.9. The van der Waals surface area contributed by atoms with Gasteiger partial charge < -0.3 is 10.4 Å². The monoisotopic (exact) mass is 475 g/mol. The number of halogens is 1. The maximum absolute atomic E-state index is 14.1. The zero-order chi connectivity index (χ0) is 24.2. The molecule has 6 heteroatoms. The predicted molar refractivity (Wildman–Crippen MR) is 135 cm³/mol. The minimum absolute atomic E-state index is 0.126. The predicted octanol–water partition coefficient (Wildman–Crippen LogP) is 5.35. The number of amides is 1. The number of allylic oxidation sites excluding steroid dienone is 2. The van der Waals surface area contributed by atoms with Crippen LogP contribution in [-0.2, 0) is 22.0 Å². The second-order valence-electron chi connectivity index (χ2n) is 8.32. The number of hydrogen-bond donors (Lipinski definition) is 2. The minimum Gasteiger partial charge on any atom is -0.508 e. The summed E-state index contributed by atoms with van der Waals surface area (Å²) in [6.07, 6.45) is 4.47. The first kappa shape index (κ1) is 23.6. The summed E-state index contributed by atoms with van der Waals surface area (Å²) in [6.45, 7) is 2.43. The van der Waals surface area contributed by atoms with E-state index >= 15 is 0 Å². The number of phenols is 1. The van der Waals surface area contributed by atoms with E-state index in [-0.39, 0.29) is 23.9 Å². The quantitative estimate of drug-likeness (QED) is 0.484. The number of fused-ring (bicyclic) bond motifs is 1. The van der Waals surface area contributed by atoms with E-state index in [9.17, 15) is 18.5 Å². The molecule has 1 aliphatic rings. The highest BCUT2D eigenvalue weighted by Crippen LogP contribution is 2.43. The van der Waals surface area contributed by atoms with Crippen molar-refractivity contribution in [3.63, 3.8) is 0 Å². The smallest absolute Gasteiger partial charge is 0.224 e. The van der Waals surface area contributed by atoms with E-state index in [1.807, 2.05) is 49.4 Å². The van der Waals surface area contributed by atoms with E-state index in [0.29, 0.717) is 13.0 Å². The van der Waals surface area contributed by atoms with Crippen molar-refractivity contribution in [3.8, 4) is 5.75 Å². The molecule has 4 nitrogen and oxygen atoms in total. The number of carbonyl (C=O) groups is 1. The van der Waals surface area contributed by atoms with Gasteiger partial charge in [-0.3, -0.25) is 9.00 Å². The van der Waals surface area contributed by atoms with Crippen LogP contribution in [0.2, 0.25) is 0 Å². The highest BCUT2D eigenvalue weighted by Gasteiger charge is 2.25. The summed E-state index contributed by atoms with van der Waals surface area (Å²) in [5.41, 5.74) is 6.31. The van der Waals surface area contributed by atoms with Crippen LogP contribution in [0.1, 0.15) is 35.6 Å². The summed E-state index contributed by atoms with van der Waals surface area (Å²) in [5, 5.41) is 12.3. The molecule has 1 aliphatic carbocycles. The molecule has 3 aromatic carbocycles. The lowest BCUT2D eigenvalue weighted by molar-refractivity contribution is -0.120. The molecule has 0 aromatic heterocycles. The molecule has 0 radical (unpaired) electrons. The Morgan fingerprint density at radius 3 is 2.41 bits per heavy atom. The van der Waals surface area contributed by atoms with Crippen molar-refractivity contribution >= 4 is 33.9 Å². The molecule has 1 atom stereocenters. The van der Waals surface area contributed by atoms with Crippen LogP contribution in [0, 0.1) is 5.82 Å². The van der Waals surface area contributed by atoms with Gasteiger partial charge in [0.25, 0.3) is 0 Å². The molecule has 34 heavy (non-hydrogen) atoms. The molecular formula is C28H26FNO3S. The molecule has 0 bridgehead atoms. The number of nitrogens with one attached hydrogen (secondary N) is 1. The zero-order valence-corrected chi connectivity index (χ0v) is 19.9. The van der Waals surface area contributed by atoms with Crippen LogP contribution in [0.4, 0.5) is 4.39 Å². The first-order chi connectivity index (χ1) is 16.3. The van der Waals surface area contributed by atoms with Gasteiger partial charge in [-0.1, -0.05) is 30.3 Å². The standard InChI is InChI=1S/C28H26FNO3S/c1-18-25(15-20-5-10-23(11-6-20)34(2)33)24-12-7-21(29)16-27(24)26(18)17-28(32)30-14-13-19-3-8-22(31)9-4-19/h3-12,15-16,31H,13-14,17H2,1-2H3,(H,30,32)/b25-15+. The number of rotatable bonds is 7. The maximum Gasteiger partial charge on any atom is 0.224 e. The third-order valence-corrected chi connectivity index (χ3v) is 6.92. The Labute approximate surface area is 201 Å². The van der Waals surface area contributed by atoms with Gasteiger partial charge in [0.2, 0.25) is 5.91 Å². The van der Waals surface area contributed by atoms with Crippen LogP contribution in [0.3, 0.4) is 0 Å². The summed E-state index contributed by atoms with van der Waals surface area (Å²) in [5.74, 6) is -0.255. The van der Waals surface area contributed by atoms with E-state index in [1.165, 1.54) is 12.1 Å². The van der Waals surface area contributed by atoms with E-state index < -0.39 is 10.8 Å². The van der Waals surface area contributed by atoms with Crippen LogP contribution in [-0.4, -0.2) is 28.0 Å². The molecule has 1 amide bonds. The van der Waals surface area contributed by atoms with Gasteiger partial charge in [-0.05, 0) is 94.8 Å². The average Bonchev–Trinajstić information content (AvgIpc) is 3.06. The fourth-order valence-electron chi connectivity index (χ4n) is 4.14. The second kappa shape index (κ2) is 10.2. The van der Waals surface area contributed by atoms with Crippen molar-refractivity contribution in [2.45, 2.75) is 24.7 Å². The van der Waals surface area contributed by atoms with E-state index in [1.54, 1.807) is 24.5 Å². The number of hydrogen-bond acceptors (Lipinski definition) is 3. The summed E-state index contributed by atoms with van der Waals surface area (Å²) in [7, 11) is -1.04. The van der Waals surface area contributed by atoms with Gasteiger partial charge in [0.1, 0.15) is 11.6 Å². The molecule has 174 valence electrons. The average molecular weight is 476 g/mol. The van der Waals surface area contributed by atoms with E-state index in [4.69, 9.17) is 0 Å². The van der Waals surface area contributed by atoms with Crippen LogP contribution >= 0.6 is 0 Å². The van der Waals surface area contributed by atoms with Crippen molar-refractivity contribution in [3.05, 3.63) is 100 Å². The number of benzene rings is 3. The SMILES string of the molecule is CC1=C(CC(=O)NCCc2ccc(O)cc2)c2cc(F)ccc2/C1=C/c1ccc(S(C)=O)cc1.